The number of hydrogen-bond donors (Lipinski definition) is 1. The van der Waals surface area contributed by atoms with Gasteiger partial charge in [-0.3, -0.25) is 0 Å². The maximum Gasteiger partial charge on any atom is 0.213 e. The van der Waals surface area contributed by atoms with E-state index in [9.17, 15) is 5.11 Å². The minimum absolute atomic E-state index is 0.0407. The summed E-state index contributed by atoms with van der Waals surface area (Å²) in [5.41, 5.74) is 2.05. The summed E-state index contributed by atoms with van der Waals surface area (Å²) in [6, 6.07) is 3.98. The number of rotatable bonds is 3. The van der Waals surface area contributed by atoms with Crippen molar-refractivity contribution in [1.82, 2.24) is 4.98 Å². The number of nitrogens with zero attached hydrogens (tertiary/aromatic N) is 1. The van der Waals surface area contributed by atoms with Crippen LogP contribution in [0.15, 0.2) is 12.1 Å². The van der Waals surface area contributed by atoms with Gasteiger partial charge < -0.3 is 9.84 Å². The Morgan fingerprint density at radius 1 is 1.47 bits per heavy atom. The lowest BCUT2D eigenvalue weighted by Gasteiger charge is -2.19. The maximum atomic E-state index is 9.79. The van der Waals surface area contributed by atoms with Gasteiger partial charge in [-0.1, -0.05) is 0 Å². The van der Waals surface area contributed by atoms with E-state index in [0.29, 0.717) is 5.88 Å². The van der Waals surface area contributed by atoms with Crippen LogP contribution >= 0.6 is 0 Å². The molecule has 1 atom stereocenters. The van der Waals surface area contributed by atoms with E-state index in [-0.39, 0.29) is 11.5 Å². The fourth-order valence-corrected chi connectivity index (χ4v) is 2.11. The molecule has 3 nitrogen and oxygen atoms in total. The normalized spacial score (nSPS) is 19.7. The van der Waals surface area contributed by atoms with Gasteiger partial charge in [-0.05, 0) is 38.3 Å². The molecular formula is C12H17NO2. The topological polar surface area (TPSA) is 42.4 Å². The number of ether oxygens (including phenoxy) is 1. The van der Waals surface area contributed by atoms with Gasteiger partial charge in [-0.15, -0.1) is 0 Å². The summed E-state index contributed by atoms with van der Waals surface area (Å²) in [5.74, 6) is 0.636. The lowest BCUT2D eigenvalue weighted by atomic mass is 9.91. The number of methoxy groups -OCH3 is 1. The summed E-state index contributed by atoms with van der Waals surface area (Å²) in [7, 11) is 1.62. The maximum absolute atomic E-state index is 9.79. The molecule has 1 saturated carbocycles. The highest BCUT2D eigenvalue weighted by atomic mass is 16.5. The number of pyridine rings is 1. The highest BCUT2D eigenvalue weighted by Gasteiger charge is 2.48. The van der Waals surface area contributed by atoms with Crippen LogP contribution in [0, 0.1) is 6.92 Å². The second-order valence-electron chi connectivity index (χ2n) is 4.37. The molecule has 0 bridgehead atoms. The zero-order chi connectivity index (χ0) is 11.1. The summed E-state index contributed by atoms with van der Waals surface area (Å²) in [6.07, 6.45) is 1.80. The first-order chi connectivity index (χ1) is 7.08. The summed E-state index contributed by atoms with van der Waals surface area (Å²) in [5, 5.41) is 9.79. The van der Waals surface area contributed by atoms with Gasteiger partial charge in [-0.25, -0.2) is 4.98 Å². The Morgan fingerprint density at radius 3 is 2.60 bits per heavy atom. The van der Waals surface area contributed by atoms with Crippen molar-refractivity contribution < 1.29 is 9.84 Å². The van der Waals surface area contributed by atoms with Gasteiger partial charge in [0.2, 0.25) is 5.88 Å². The second kappa shape index (κ2) is 3.49. The van der Waals surface area contributed by atoms with E-state index in [1.165, 1.54) is 0 Å². The Kier molecular flexibility index (Phi) is 2.43. The highest BCUT2D eigenvalue weighted by Crippen LogP contribution is 2.51. The third-order valence-electron chi connectivity index (χ3n) is 3.30. The van der Waals surface area contributed by atoms with Crippen LogP contribution in [0.25, 0.3) is 0 Å². The Labute approximate surface area is 90.1 Å². The minimum Gasteiger partial charge on any atom is -0.481 e. The lowest BCUT2D eigenvalue weighted by Crippen LogP contribution is -2.22. The summed E-state index contributed by atoms with van der Waals surface area (Å²) in [6.45, 7) is 3.80. The number of aryl methyl sites for hydroxylation is 1. The Balaban J connectivity index is 2.40. The van der Waals surface area contributed by atoms with Crippen LogP contribution in [-0.2, 0) is 5.41 Å². The molecule has 0 radical (unpaired) electrons. The molecule has 1 aromatic heterocycles. The van der Waals surface area contributed by atoms with Gasteiger partial charge in [0.05, 0.1) is 13.2 Å². The number of aliphatic hydroxyl groups is 1. The molecule has 3 heteroatoms. The largest absolute Gasteiger partial charge is 0.481 e. The van der Waals surface area contributed by atoms with Crippen molar-refractivity contribution in [3.8, 4) is 5.88 Å². The first kappa shape index (κ1) is 10.4. The molecule has 82 valence electrons. The van der Waals surface area contributed by atoms with Crippen molar-refractivity contribution in [2.24, 2.45) is 0 Å². The van der Waals surface area contributed by atoms with Crippen LogP contribution in [0.2, 0.25) is 0 Å². The molecular weight excluding hydrogens is 190 g/mol. The molecule has 0 saturated heterocycles. The number of aromatic nitrogens is 1. The Morgan fingerprint density at radius 2 is 2.13 bits per heavy atom. The number of aliphatic hydroxyl groups excluding tert-OH is 1. The smallest absolute Gasteiger partial charge is 0.213 e. The molecule has 15 heavy (non-hydrogen) atoms. The molecule has 0 aliphatic heterocycles. The Hall–Kier alpha value is -1.09. The van der Waals surface area contributed by atoms with Crippen LogP contribution in [0.5, 0.6) is 5.88 Å². The molecule has 0 amide bonds. The number of hydrogen-bond acceptors (Lipinski definition) is 3. The molecule has 1 unspecified atom stereocenters. The predicted molar refractivity (Wildman–Crippen MR) is 58.1 cm³/mol. The molecule has 1 heterocycles. The monoisotopic (exact) mass is 207 g/mol. The van der Waals surface area contributed by atoms with E-state index < -0.39 is 0 Å². The van der Waals surface area contributed by atoms with Gasteiger partial charge in [0.1, 0.15) is 0 Å². The zero-order valence-corrected chi connectivity index (χ0v) is 9.45. The zero-order valence-electron chi connectivity index (χ0n) is 9.45. The average molecular weight is 207 g/mol. The predicted octanol–water partition coefficient (Wildman–Crippen LogP) is 1.81. The summed E-state index contributed by atoms with van der Waals surface area (Å²) >= 11 is 0. The third-order valence-corrected chi connectivity index (χ3v) is 3.30. The second-order valence-corrected chi connectivity index (χ2v) is 4.37. The van der Waals surface area contributed by atoms with Crippen LogP contribution in [-0.4, -0.2) is 23.3 Å². The molecule has 1 fully saturated rings. The average Bonchev–Trinajstić information content (AvgIpc) is 2.97. The van der Waals surface area contributed by atoms with Crippen LogP contribution in [0.1, 0.15) is 31.0 Å². The molecule has 0 spiro atoms. The first-order valence-electron chi connectivity index (χ1n) is 5.30. The standard InChI is InChI=1S/C12H17NO2/c1-8-6-10(7-11(13-8)15-3)12(4-5-12)9(2)14/h6-7,9,14H,4-5H2,1-3H3. The van der Waals surface area contributed by atoms with E-state index in [2.05, 4.69) is 4.98 Å². The van der Waals surface area contributed by atoms with Gasteiger partial charge >= 0.3 is 0 Å². The summed E-state index contributed by atoms with van der Waals surface area (Å²) < 4.78 is 5.15. The highest BCUT2D eigenvalue weighted by molar-refractivity contribution is 5.37. The minimum atomic E-state index is -0.302. The van der Waals surface area contributed by atoms with E-state index in [1.807, 2.05) is 26.0 Å². The molecule has 1 aliphatic rings. The molecule has 0 aromatic carbocycles. The van der Waals surface area contributed by atoms with E-state index >= 15 is 0 Å². The van der Waals surface area contributed by atoms with Gasteiger partial charge in [0.25, 0.3) is 0 Å². The molecule has 1 N–H and O–H groups in total. The first-order valence-corrected chi connectivity index (χ1v) is 5.30. The Bertz CT molecular complexity index is 370. The van der Waals surface area contributed by atoms with Crippen LogP contribution in [0.4, 0.5) is 0 Å². The van der Waals surface area contributed by atoms with Crippen LogP contribution < -0.4 is 4.74 Å². The van der Waals surface area contributed by atoms with Crippen molar-refractivity contribution in [1.29, 1.82) is 0 Å². The SMILES string of the molecule is COc1cc(C2(C(C)O)CC2)cc(C)n1. The van der Waals surface area contributed by atoms with Crippen molar-refractivity contribution in [2.45, 2.75) is 38.2 Å². The van der Waals surface area contributed by atoms with E-state index in [1.54, 1.807) is 7.11 Å². The van der Waals surface area contributed by atoms with Crippen molar-refractivity contribution in [3.63, 3.8) is 0 Å². The summed E-state index contributed by atoms with van der Waals surface area (Å²) in [4.78, 5) is 4.25. The van der Waals surface area contributed by atoms with Crippen molar-refractivity contribution in [3.05, 3.63) is 23.4 Å². The van der Waals surface area contributed by atoms with Gasteiger partial charge in [-0.2, -0.15) is 0 Å². The lowest BCUT2D eigenvalue weighted by molar-refractivity contribution is 0.150. The van der Waals surface area contributed by atoms with Crippen molar-refractivity contribution in [2.75, 3.05) is 7.11 Å². The quantitative estimate of drug-likeness (QED) is 0.822. The third kappa shape index (κ3) is 1.72. The fraction of sp³-hybridized carbons (Fsp3) is 0.583. The van der Waals surface area contributed by atoms with E-state index in [0.717, 1.165) is 24.1 Å². The van der Waals surface area contributed by atoms with Crippen molar-refractivity contribution >= 4 is 0 Å². The fourth-order valence-electron chi connectivity index (χ4n) is 2.11. The molecule has 1 aliphatic carbocycles. The van der Waals surface area contributed by atoms with E-state index in [4.69, 9.17) is 4.74 Å². The van der Waals surface area contributed by atoms with Crippen LogP contribution in [0.3, 0.4) is 0 Å². The van der Waals surface area contributed by atoms with Gasteiger partial charge in [0, 0.05) is 17.2 Å². The molecule has 2 rings (SSSR count). The molecule has 1 aromatic rings. The van der Waals surface area contributed by atoms with Gasteiger partial charge in [0.15, 0.2) is 0 Å².